The molecule has 0 fully saturated rings. The molecule has 0 saturated heterocycles. The molecule has 0 unspecified atom stereocenters. The zero-order valence-electron chi connectivity index (χ0n) is 8.51. The average molecular weight is 193 g/mol. The summed E-state index contributed by atoms with van der Waals surface area (Å²) in [5.41, 5.74) is 1.11. The van der Waals surface area contributed by atoms with Gasteiger partial charge in [0, 0.05) is 0 Å². The summed E-state index contributed by atoms with van der Waals surface area (Å²) in [5.74, 6) is 0. The summed E-state index contributed by atoms with van der Waals surface area (Å²) in [7, 11) is 1.45. The van der Waals surface area contributed by atoms with E-state index in [1.807, 2.05) is 37.3 Å². The molecule has 1 atom stereocenters. The minimum absolute atomic E-state index is 0.155. The lowest BCUT2D eigenvalue weighted by atomic mass is 10.2. The van der Waals surface area contributed by atoms with Gasteiger partial charge in [0.15, 0.2) is 6.21 Å². The second-order valence-corrected chi connectivity index (χ2v) is 3.20. The Bertz CT molecular complexity index is 291. The highest BCUT2D eigenvalue weighted by Crippen LogP contribution is 2.01. The van der Waals surface area contributed by atoms with E-state index in [0.717, 1.165) is 10.3 Å². The van der Waals surface area contributed by atoms with Gasteiger partial charge in [0.1, 0.15) is 13.2 Å². The first-order chi connectivity index (χ1) is 6.68. The maximum Gasteiger partial charge on any atom is 0.179 e. The van der Waals surface area contributed by atoms with Crippen LogP contribution in [0.25, 0.3) is 0 Å². The maximum absolute atomic E-state index is 10.6. The van der Waals surface area contributed by atoms with Crippen molar-refractivity contribution in [2.75, 3.05) is 7.05 Å². The SMILES string of the molecule is C[C@@H](/C=[N+](/C)[O-])OCc1ccccc1. The predicted octanol–water partition coefficient (Wildman–Crippen LogP) is 1.80. The lowest BCUT2D eigenvalue weighted by Crippen LogP contribution is -2.15. The standard InChI is InChI=1S/C11H15NO2/c1-10(8-12(2)13)14-9-11-6-4-3-5-7-11/h3-8,10H,9H2,1-2H3/b12-8-/t10-/m0/s1. The smallest absolute Gasteiger partial charge is 0.179 e. The van der Waals surface area contributed by atoms with Crippen LogP contribution in [0, 0.1) is 5.21 Å². The van der Waals surface area contributed by atoms with E-state index in [-0.39, 0.29) is 6.10 Å². The van der Waals surface area contributed by atoms with Crippen LogP contribution >= 0.6 is 0 Å². The molecule has 0 spiro atoms. The largest absolute Gasteiger partial charge is 0.624 e. The Morgan fingerprint density at radius 1 is 1.43 bits per heavy atom. The van der Waals surface area contributed by atoms with Crippen LogP contribution in [0.5, 0.6) is 0 Å². The van der Waals surface area contributed by atoms with Gasteiger partial charge < -0.3 is 9.94 Å². The van der Waals surface area contributed by atoms with Gasteiger partial charge in [0.05, 0.1) is 6.61 Å². The lowest BCUT2D eigenvalue weighted by Gasteiger charge is -2.07. The number of rotatable bonds is 4. The minimum Gasteiger partial charge on any atom is -0.624 e. The van der Waals surface area contributed by atoms with Crippen LogP contribution in [0.15, 0.2) is 30.3 Å². The van der Waals surface area contributed by atoms with E-state index in [2.05, 4.69) is 0 Å². The van der Waals surface area contributed by atoms with E-state index in [0.29, 0.717) is 6.61 Å². The first-order valence-electron chi connectivity index (χ1n) is 4.59. The molecular weight excluding hydrogens is 178 g/mol. The van der Waals surface area contributed by atoms with E-state index in [4.69, 9.17) is 4.74 Å². The molecule has 0 aromatic heterocycles. The predicted molar refractivity (Wildman–Crippen MR) is 56.3 cm³/mol. The van der Waals surface area contributed by atoms with Gasteiger partial charge in [-0.3, -0.25) is 0 Å². The van der Waals surface area contributed by atoms with Crippen molar-refractivity contribution in [3.63, 3.8) is 0 Å². The fraction of sp³-hybridized carbons (Fsp3) is 0.364. The van der Waals surface area contributed by atoms with Crippen LogP contribution < -0.4 is 0 Å². The van der Waals surface area contributed by atoms with E-state index in [9.17, 15) is 5.21 Å². The molecule has 14 heavy (non-hydrogen) atoms. The second kappa shape index (κ2) is 5.40. The molecule has 0 heterocycles. The van der Waals surface area contributed by atoms with Crippen molar-refractivity contribution >= 4 is 6.21 Å². The summed E-state index contributed by atoms with van der Waals surface area (Å²) in [6, 6.07) is 9.88. The topological polar surface area (TPSA) is 35.3 Å². The van der Waals surface area contributed by atoms with Crippen LogP contribution in [-0.2, 0) is 11.3 Å². The summed E-state index contributed by atoms with van der Waals surface area (Å²) in [4.78, 5) is 0. The van der Waals surface area contributed by atoms with Crippen molar-refractivity contribution in [1.29, 1.82) is 0 Å². The molecule has 0 amide bonds. The van der Waals surface area contributed by atoms with Crippen LogP contribution in [0.4, 0.5) is 0 Å². The zero-order valence-corrected chi connectivity index (χ0v) is 8.51. The minimum atomic E-state index is -0.155. The van der Waals surface area contributed by atoms with Crippen LogP contribution in [-0.4, -0.2) is 24.1 Å². The monoisotopic (exact) mass is 193 g/mol. The molecule has 1 aromatic rings. The Kier molecular flexibility index (Phi) is 4.13. The molecular formula is C11H15NO2. The summed E-state index contributed by atoms with van der Waals surface area (Å²) in [6.45, 7) is 2.38. The molecule has 3 heteroatoms. The van der Waals surface area contributed by atoms with Gasteiger partial charge in [-0.2, -0.15) is 0 Å². The summed E-state index contributed by atoms with van der Waals surface area (Å²) < 4.78 is 6.20. The van der Waals surface area contributed by atoms with Crippen molar-refractivity contribution < 1.29 is 9.48 Å². The molecule has 0 bridgehead atoms. The molecule has 76 valence electrons. The van der Waals surface area contributed by atoms with Gasteiger partial charge >= 0.3 is 0 Å². The van der Waals surface area contributed by atoms with Crippen molar-refractivity contribution in [2.45, 2.75) is 19.6 Å². The third kappa shape index (κ3) is 4.05. The number of hydrogen-bond acceptors (Lipinski definition) is 2. The third-order valence-corrected chi connectivity index (χ3v) is 1.78. The summed E-state index contributed by atoms with van der Waals surface area (Å²) in [5, 5.41) is 10.6. The number of nitrogens with zero attached hydrogens (tertiary/aromatic N) is 1. The van der Waals surface area contributed by atoms with Crippen LogP contribution in [0.1, 0.15) is 12.5 Å². The van der Waals surface area contributed by atoms with Gasteiger partial charge in [0.2, 0.25) is 0 Å². The molecule has 0 N–H and O–H groups in total. The Balaban J connectivity index is 2.38. The molecule has 0 aliphatic carbocycles. The maximum atomic E-state index is 10.6. The number of hydroxylamine groups is 1. The van der Waals surface area contributed by atoms with Gasteiger partial charge in [-0.05, 0) is 12.5 Å². The Morgan fingerprint density at radius 3 is 2.64 bits per heavy atom. The molecule has 0 aliphatic rings. The Hall–Kier alpha value is -1.35. The van der Waals surface area contributed by atoms with Gasteiger partial charge in [-0.15, -0.1) is 0 Å². The van der Waals surface area contributed by atoms with Gasteiger partial charge in [-0.1, -0.05) is 30.3 Å². The third-order valence-electron chi connectivity index (χ3n) is 1.78. The highest BCUT2D eigenvalue weighted by atomic mass is 16.5. The lowest BCUT2D eigenvalue weighted by molar-refractivity contribution is -0.420. The van der Waals surface area contributed by atoms with E-state index in [1.54, 1.807) is 0 Å². The van der Waals surface area contributed by atoms with Crippen molar-refractivity contribution in [3.05, 3.63) is 41.1 Å². The molecule has 3 nitrogen and oxygen atoms in total. The Labute approximate surface area is 84.2 Å². The van der Waals surface area contributed by atoms with Crippen LogP contribution in [0.2, 0.25) is 0 Å². The number of benzene rings is 1. The molecule has 1 rings (SSSR count). The second-order valence-electron chi connectivity index (χ2n) is 3.20. The summed E-state index contributed by atoms with van der Waals surface area (Å²) in [6.07, 6.45) is 1.33. The molecule has 0 radical (unpaired) electrons. The fourth-order valence-electron chi connectivity index (χ4n) is 1.14. The zero-order chi connectivity index (χ0) is 10.4. The first-order valence-corrected chi connectivity index (χ1v) is 4.59. The summed E-state index contributed by atoms with van der Waals surface area (Å²) >= 11 is 0. The van der Waals surface area contributed by atoms with Crippen LogP contribution in [0.3, 0.4) is 0 Å². The molecule has 0 saturated carbocycles. The normalized spacial score (nSPS) is 14.0. The van der Waals surface area contributed by atoms with E-state index >= 15 is 0 Å². The average Bonchev–Trinajstić information content (AvgIpc) is 2.15. The highest BCUT2D eigenvalue weighted by Gasteiger charge is 2.01. The van der Waals surface area contributed by atoms with Crippen molar-refractivity contribution in [3.8, 4) is 0 Å². The first kappa shape index (κ1) is 10.7. The highest BCUT2D eigenvalue weighted by molar-refractivity contribution is 5.56. The number of hydrogen-bond donors (Lipinski definition) is 0. The van der Waals surface area contributed by atoms with Crippen molar-refractivity contribution in [1.82, 2.24) is 0 Å². The molecule has 0 aliphatic heterocycles. The van der Waals surface area contributed by atoms with Gasteiger partial charge in [0.25, 0.3) is 0 Å². The van der Waals surface area contributed by atoms with Crippen molar-refractivity contribution in [2.24, 2.45) is 0 Å². The van der Waals surface area contributed by atoms with Gasteiger partial charge in [-0.25, -0.2) is 4.74 Å². The Morgan fingerprint density at radius 2 is 2.07 bits per heavy atom. The molecule has 1 aromatic carbocycles. The fourth-order valence-corrected chi connectivity index (χ4v) is 1.14. The van der Waals surface area contributed by atoms with E-state index < -0.39 is 0 Å². The van der Waals surface area contributed by atoms with E-state index in [1.165, 1.54) is 13.3 Å². The quantitative estimate of drug-likeness (QED) is 0.316. The number of ether oxygens (including phenoxy) is 1.